The summed E-state index contributed by atoms with van der Waals surface area (Å²) < 4.78 is 33.0. The third-order valence-corrected chi connectivity index (χ3v) is 7.60. The van der Waals surface area contributed by atoms with Gasteiger partial charge in [-0.3, -0.25) is 0 Å². The van der Waals surface area contributed by atoms with E-state index < -0.39 is 30.0 Å². The molecule has 0 aliphatic carbocycles. The Kier molecular flexibility index (Phi) is 10.7. The normalized spacial score (nSPS) is 23.8. The molecule has 0 bridgehead atoms. The summed E-state index contributed by atoms with van der Waals surface area (Å²) in [6, 6.07) is 40.6. The van der Waals surface area contributed by atoms with Crippen LogP contribution >= 0.6 is 0 Å². The van der Waals surface area contributed by atoms with Gasteiger partial charge in [0, 0.05) is 0 Å². The topological polar surface area (TPSA) is 46.2 Å². The summed E-state index contributed by atoms with van der Waals surface area (Å²) in [6.45, 7) is 8.18. The van der Waals surface area contributed by atoms with Gasteiger partial charge in [-0.15, -0.1) is 6.58 Å². The van der Waals surface area contributed by atoms with Gasteiger partial charge in [0.25, 0.3) is 0 Å². The Morgan fingerprint density at radius 2 is 1.00 bits per heavy atom. The summed E-state index contributed by atoms with van der Waals surface area (Å²) in [7, 11) is 0. The maximum Gasteiger partial charge on any atom is 0.119 e. The van der Waals surface area contributed by atoms with Crippen molar-refractivity contribution in [1.29, 1.82) is 0 Å². The van der Waals surface area contributed by atoms with Crippen LogP contribution in [-0.4, -0.2) is 36.6 Å². The van der Waals surface area contributed by atoms with Gasteiger partial charge in [-0.2, -0.15) is 0 Å². The highest BCUT2D eigenvalue weighted by atomic mass is 16.6. The second-order valence-electron chi connectivity index (χ2n) is 10.8. The maximum absolute atomic E-state index is 6.77. The van der Waals surface area contributed by atoms with Crippen molar-refractivity contribution in [2.45, 2.75) is 63.4 Å². The van der Waals surface area contributed by atoms with Gasteiger partial charge in [0.1, 0.15) is 30.0 Å². The van der Waals surface area contributed by atoms with E-state index in [4.69, 9.17) is 23.7 Å². The highest BCUT2D eigenvalue weighted by Gasteiger charge is 2.53. The van der Waals surface area contributed by atoms with Crippen LogP contribution in [0.2, 0.25) is 0 Å². The minimum absolute atomic E-state index is 0.328. The first-order chi connectivity index (χ1) is 20.6. The molecule has 0 saturated carbocycles. The second kappa shape index (κ2) is 15.1. The molecule has 0 spiro atoms. The fraction of sp³-hybridized carbons (Fsp3) is 0.297. The van der Waals surface area contributed by atoms with Crippen LogP contribution in [0.5, 0.6) is 0 Å². The van der Waals surface area contributed by atoms with Gasteiger partial charge in [-0.1, -0.05) is 127 Å². The lowest BCUT2D eigenvalue weighted by Gasteiger charge is -2.50. The molecule has 5 rings (SSSR count). The van der Waals surface area contributed by atoms with Crippen LogP contribution < -0.4 is 0 Å². The Morgan fingerprint density at radius 3 is 1.45 bits per heavy atom. The summed E-state index contributed by atoms with van der Waals surface area (Å²) in [5.41, 5.74) is 3.47. The van der Waals surface area contributed by atoms with E-state index in [1.54, 1.807) is 0 Å². The van der Waals surface area contributed by atoms with E-state index in [2.05, 4.69) is 55.1 Å². The zero-order valence-corrected chi connectivity index (χ0v) is 24.2. The fourth-order valence-corrected chi connectivity index (χ4v) is 5.27. The summed E-state index contributed by atoms with van der Waals surface area (Å²) in [5, 5.41) is 0. The smallest absolute Gasteiger partial charge is 0.119 e. The molecule has 0 radical (unpaired) electrons. The average molecular weight is 565 g/mol. The first-order valence-corrected chi connectivity index (χ1v) is 14.5. The number of hydrogen-bond donors (Lipinski definition) is 0. The van der Waals surface area contributed by atoms with Crippen molar-refractivity contribution < 1.29 is 23.7 Å². The van der Waals surface area contributed by atoms with Crippen molar-refractivity contribution in [2.75, 3.05) is 6.61 Å². The molecule has 0 aromatic heterocycles. The summed E-state index contributed by atoms with van der Waals surface area (Å²) in [6.07, 6.45) is 0.000113. The van der Waals surface area contributed by atoms with Crippen molar-refractivity contribution in [3.8, 4) is 0 Å². The molecule has 4 aromatic rings. The van der Waals surface area contributed by atoms with Crippen LogP contribution in [0.1, 0.15) is 29.2 Å². The van der Waals surface area contributed by atoms with Crippen LogP contribution in [-0.2, 0) is 50.1 Å². The van der Waals surface area contributed by atoms with Gasteiger partial charge < -0.3 is 23.7 Å². The minimum atomic E-state index is -0.844. The van der Waals surface area contributed by atoms with Crippen LogP contribution in [0.4, 0.5) is 0 Å². The van der Waals surface area contributed by atoms with Gasteiger partial charge in [-0.25, -0.2) is 0 Å². The molecule has 5 nitrogen and oxygen atoms in total. The van der Waals surface area contributed by atoms with Crippen LogP contribution in [0.3, 0.4) is 0 Å². The molecule has 0 N–H and O–H groups in total. The number of benzene rings is 4. The van der Waals surface area contributed by atoms with Crippen LogP contribution in [0.25, 0.3) is 0 Å². The van der Waals surface area contributed by atoms with E-state index in [0.29, 0.717) is 33.0 Å². The maximum atomic E-state index is 6.77. The summed E-state index contributed by atoms with van der Waals surface area (Å²) in [5.74, 6) is 0. The Labute approximate surface area is 249 Å². The molecule has 5 atom stereocenters. The lowest BCUT2D eigenvalue weighted by Crippen LogP contribution is -2.65. The first-order valence-electron chi connectivity index (χ1n) is 14.5. The van der Waals surface area contributed by atoms with Crippen molar-refractivity contribution in [3.05, 3.63) is 156 Å². The fourth-order valence-electron chi connectivity index (χ4n) is 5.27. The predicted octanol–water partition coefficient (Wildman–Crippen LogP) is 7.30. The molecule has 4 aromatic carbocycles. The van der Waals surface area contributed by atoms with E-state index >= 15 is 0 Å². The highest BCUT2D eigenvalue weighted by molar-refractivity contribution is 5.18. The van der Waals surface area contributed by atoms with E-state index in [9.17, 15) is 0 Å². The van der Waals surface area contributed by atoms with Crippen LogP contribution in [0.15, 0.2) is 134 Å². The lowest BCUT2D eigenvalue weighted by molar-refractivity contribution is -0.290. The first kappa shape index (κ1) is 29.9. The largest absolute Gasteiger partial charge is 0.374 e. The number of ether oxygens (including phenoxy) is 5. The average Bonchev–Trinajstić information content (AvgIpc) is 3.05. The zero-order valence-electron chi connectivity index (χ0n) is 24.2. The molecule has 1 aliphatic heterocycles. The van der Waals surface area contributed by atoms with Gasteiger partial charge in [0.15, 0.2) is 0 Å². The molecule has 1 fully saturated rings. The molecule has 1 heterocycles. The lowest BCUT2D eigenvalue weighted by atomic mass is 9.85. The Balaban J connectivity index is 1.42. The molecule has 5 unspecified atom stereocenters. The SMILES string of the molecule is C=CC1(C)OC(COCc2ccccc2)C(OCc2ccccc2)C(OCc2ccccc2)C1OCc1ccccc1. The summed E-state index contributed by atoms with van der Waals surface area (Å²) in [4.78, 5) is 0. The third-order valence-electron chi connectivity index (χ3n) is 7.60. The molecule has 218 valence electrons. The van der Waals surface area contributed by atoms with E-state index in [0.717, 1.165) is 22.3 Å². The van der Waals surface area contributed by atoms with Crippen molar-refractivity contribution >= 4 is 0 Å². The van der Waals surface area contributed by atoms with Gasteiger partial charge in [0.05, 0.1) is 33.0 Å². The molecule has 42 heavy (non-hydrogen) atoms. The van der Waals surface area contributed by atoms with Crippen molar-refractivity contribution in [1.82, 2.24) is 0 Å². The Morgan fingerprint density at radius 1 is 0.595 bits per heavy atom. The van der Waals surface area contributed by atoms with E-state index in [1.165, 1.54) is 0 Å². The predicted molar refractivity (Wildman–Crippen MR) is 165 cm³/mol. The van der Waals surface area contributed by atoms with Gasteiger partial charge >= 0.3 is 0 Å². The second-order valence-corrected chi connectivity index (χ2v) is 10.8. The molecule has 1 saturated heterocycles. The summed E-state index contributed by atoms with van der Waals surface area (Å²) >= 11 is 0. The zero-order chi connectivity index (χ0) is 29.0. The minimum Gasteiger partial charge on any atom is -0.374 e. The quantitative estimate of drug-likeness (QED) is 0.150. The Hall–Kier alpha value is -3.58. The number of rotatable bonds is 14. The molecular weight excluding hydrogens is 524 g/mol. The van der Waals surface area contributed by atoms with Crippen molar-refractivity contribution in [3.63, 3.8) is 0 Å². The van der Waals surface area contributed by atoms with Gasteiger partial charge in [0.2, 0.25) is 0 Å². The monoisotopic (exact) mass is 564 g/mol. The molecule has 5 heteroatoms. The van der Waals surface area contributed by atoms with E-state index in [1.807, 2.05) is 85.8 Å². The molecule has 1 aliphatic rings. The molecule has 0 amide bonds. The van der Waals surface area contributed by atoms with Crippen LogP contribution in [0, 0.1) is 0 Å². The molecular formula is C37H40O5. The van der Waals surface area contributed by atoms with Gasteiger partial charge in [-0.05, 0) is 29.2 Å². The standard InChI is InChI=1S/C37H40O5/c1-3-37(2)36(41-27-32-22-14-7-15-23-32)35(40-26-31-20-12-6-13-21-31)34(39-25-30-18-10-5-11-19-30)33(42-37)28-38-24-29-16-8-4-9-17-29/h3-23,33-36H,1,24-28H2,2H3. The third kappa shape index (κ3) is 8.03. The number of hydrogen-bond acceptors (Lipinski definition) is 5. The van der Waals surface area contributed by atoms with E-state index in [-0.39, 0.29) is 0 Å². The highest BCUT2D eigenvalue weighted by Crippen LogP contribution is 2.37. The Bertz CT molecular complexity index is 1330. The van der Waals surface area contributed by atoms with Crippen molar-refractivity contribution in [2.24, 2.45) is 0 Å².